The average molecular weight is 362 g/mol. The Kier molecular flexibility index (Phi) is 5.86. The SMILES string of the molecule is NCCOc1ccc(-c2ccc(C(=O)N3CCOCC3)nc2)cc1Cl. The van der Waals surface area contributed by atoms with Gasteiger partial charge in [-0.1, -0.05) is 23.7 Å². The molecule has 0 bridgehead atoms. The largest absolute Gasteiger partial charge is 0.491 e. The molecule has 0 spiro atoms. The summed E-state index contributed by atoms with van der Waals surface area (Å²) >= 11 is 6.24. The van der Waals surface area contributed by atoms with Crippen LogP contribution in [0.4, 0.5) is 0 Å². The third-order valence-electron chi connectivity index (χ3n) is 3.92. The van der Waals surface area contributed by atoms with E-state index in [9.17, 15) is 4.79 Å². The number of pyridine rings is 1. The number of benzene rings is 1. The molecule has 7 heteroatoms. The molecule has 0 atom stereocenters. The first-order valence-corrected chi connectivity index (χ1v) is 8.52. The van der Waals surface area contributed by atoms with Crippen LogP contribution in [-0.4, -0.2) is 55.2 Å². The van der Waals surface area contributed by atoms with E-state index in [4.69, 9.17) is 26.8 Å². The molecular weight excluding hydrogens is 342 g/mol. The van der Waals surface area contributed by atoms with E-state index in [2.05, 4.69) is 4.98 Å². The molecule has 0 saturated carbocycles. The van der Waals surface area contributed by atoms with Gasteiger partial charge in [0.15, 0.2) is 0 Å². The number of aromatic nitrogens is 1. The Morgan fingerprint density at radius 3 is 2.64 bits per heavy atom. The third kappa shape index (κ3) is 4.28. The fourth-order valence-corrected chi connectivity index (χ4v) is 2.82. The summed E-state index contributed by atoms with van der Waals surface area (Å²) in [4.78, 5) is 18.5. The summed E-state index contributed by atoms with van der Waals surface area (Å²) < 4.78 is 10.7. The van der Waals surface area contributed by atoms with Crippen molar-refractivity contribution in [3.05, 3.63) is 47.2 Å². The molecule has 0 radical (unpaired) electrons. The highest BCUT2D eigenvalue weighted by Crippen LogP contribution is 2.30. The number of halogens is 1. The predicted molar refractivity (Wildman–Crippen MR) is 96.0 cm³/mol. The highest BCUT2D eigenvalue weighted by molar-refractivity contribution is 6.32. The standard InChI is InChI=1S/C18H20ClN3O3/c19-15-11-13(2-4-17(15)25-8-5-20)14-1-3-16(21-12-14)18(23)22-6-9-24-10-7-22/h1-4,11-12H,5-10,20H2. The summed E-state index contributed by atoms with van der Waals surface area (Å²) in [6, 6.07) is 9.12. The van der Waals surface area contributed by atoms with E-state index in [1.54, 1.807) is 23.2 Å². The Labute approximate surface area is 151 Å². The molecule has 1 aliphatic heterocycles. The van der Waals surface area contributed by atoms with Gasteiger partial charge in [0.1, 0.15) is 18.1 Å². The number of hydrogen-bond donors (Lipinski definition) is 1. The Balaban J connectivity index is 1.73. The van der Waals surface area contributed by atoms with Gasteiger partial charge in [-0.3, -0.25) is 9.78 Å². The van der Waals surface area contributed by atoms with Gasteiger partial charge in [0, 0.05) is 31.4 Å². The van der Waals surface area contributed by atoms with Crippen LogP contribution in [0.2, 0.25) is 5.02 Å². The maximum Gasteiger partial charge on any atom is 0.272 e. The van der Waals surface area contributed by atoms with E-state index < -0.39 is 0 Å². The molecule has 6 nitrogen and oxygen atoms in total. The lowest BCUT2D eigenvalue weighted by Gasteiger charge is -2.26. The number of nitrogens with two attached hydrogens (primary N) is 1. The van der Waals surface area contributed by atoms with Gasteiger partial charge in [-0.2, -0.15) is 0 Å². The van der Waals surface area contributed by atoms with Crippen molar-refractivity contribution in [1.29, 1.82) is 0 Å². The Bertz CT molecular complexity index is 731. The zero-order valence-corrected chi connectivity index (χ0v) is 14.5. The van der Waals surface area contributed by atoms with Crippen LogP contribution in [0.25, 0.3) is 11.1 Å². The van der Waals surface area contributed by atoms with Crippen molar-refractivity contribution >= 4 is 17.5 Å². The third-order valence-corrected chi connectivity index (χ3v) is 4.22. The molecule has 1 aliphatic rings. The van der Waals surface area contributed by atoms with Crippen LogP contribution in [0.5, 0.6) is 5.75 Å². The molecule has 3 rings (SSSR count). The average Bonchev–Trinajstić information content (AvgIpc) is 2.67. The molecule has 1 aromatic carbocycles. The van der Waals surface area contributed by atoms with Crippen LogP contribution >= 0.6 is 11.6 Å². The molecule has 0 aliphatic carbocycles. The first-order chi connectivity index (χ1) is 12.2. The number of carbonyl (C=O) groups is 1. The Morgan fingerprint density at radius 1 is 1.24 bits per heavy atom. The fraction of sp³-hybridized carbons (Fsp3) is 0.333. The molecule has 132 valence electrons. The second-order valence-electron chi connectivity index (χ2n) is 5.62. The predicted octanol–water partition coefficient (Wildman–Crippen LogP) is 2.21. The second kappa shape index (κ2) is 8.29. The van der Waals surface area contributed by atoms with Crippen molar-refractivity contribution in [3.8, 4) is 16.9 Å². The molecule has 2 N–H and O–H groups in total. The quantitative estimate of drug-likeness (QED) is 0.883. The summed E-state index contributed by atoms with van der Waals surface area (Å²) in [7, 11) is 0. The van der Waals surface area contributed by atoms with Gasteiger partial charge >= 0.3 is 0 Å². The van der Waals surface area contributed by atoms with Crippen LogP contribution in [0.15, 0.2) is 36.5 Å². The van der Waals surface area contributed by atoms with Crippen molar-refractivity contribution in [1.82, 2.24) is 9.88 Å². The number of hydrogen-bond acceptors (Lipinski definition) is 5. The van der Waals surface area contributed by atoms with Crippen molar-refractivity contribution in [2.75, 3.05) is 39.5 Å². The first-order valence-electron chi connectivity index (χ1n) is 8.15. The molecule has 1 fully saturated rings. The summed E-state index contributed by atoms with van der Waals surface area (Å²) in [6.45, 7) is 3.19. The Hall–Kier alpha value is -2.15. The smallest absolute Gasteiger partial charge is 0.272 e. The van der Waals surface area contributed by atoms with Gasteiger partial charge in [-0.25, -0.2) is 0 Å². The molecule has 0 unspecified atom stereocenters. The topological polar surface area (TPSA) is 77.7 Å². The van der Waals surface area contributed by atoms with Crippen molar-refractivity contribution in [2.45, 2.75) is 0 Å². The lowest BCUT2D eigenvalue weighted by atomic mass is 10.1. The number of amides is 1. The van der Waals surface area contributed by atoms with Gasteiger partial charge in [0.25, 0.3) is 5.91 Å². The van der Waals surface area contributed by atoms with Crippen LogP contribution < -0.4 is 10.5 Å². The molecule has 1 amide bonds. The second-order valence-corrected chi connectivity index (χ2v) is 6.03. The first kappa shape index (κ1) is 17.7. The monoisotopic (exact) mass is 361 g/mol. The molecule has 1 aromatic heterocycles. The highest BCUT2D eigenvalue weighted by atomic mass is 35.5. The molecule has 2 aromatic rings. The maximum absolute atomic E-state index is 12.4. The van der Waals surface area contributed by atoms with E-state index in [1.807, 2.05) is 18.2 Å². The van der Waals surface area contributed by atoms with Crippen molar-refractivity contribution in [3.63, 3.8) is 0 Å². The van der Waals surface area contributed by atoms with E-state index >= 15 is 0 Å². The van der Waals surface area contributed by atoms with Crippen molar-refractivity contribution < 1.29 is 14.3 Å². The van der Waals surface area contributed by atoms with Crippen LogP contribution in [-0.2, 0) is 4.74 Å². The van der Waals surface area contributed by atoms with Crippen LogP contribution in [0.1, 0.15) is 10.5 Å². The van der Waals surface area contributed by atoms with Gasteiger partial charge in [-0.15, -0.1) is 0 Å². The molecule has 2 heterocycles. The molecule has 1 saturated heterocycles. The Morgan fingerprint density at radius 2 is 2.00 bits per heavy atom. The number of carbonyl (C=O) groups excluding carboxylic acids is 1. The summed E-state index contributed by atoms with van der Waals surface area (Å²) in [5.74, 6) is 0.529. The van der Waals surface area contributed by atoms with Gasteiger partial charge in [0.05, 0.1) is 18.2 Å². The number of nitrogens with zero attached hydrogens (tertiary/aromatic N) is 2. The number of ether oxygens (including phenoxy) is 2. The minimum absolute atomic E-state index is 0.0709. The minimum Gasteiger partial charge on any atom is -0.491 e. The van der Waals surface area contributed by atoms with E-state index in [-0.39, 0.29) is 5.91 Å². The highest BCUT2D eigenvalue weighted by Gasteiger charge is 2.19. The summed E-state index contributed by atoms with van der Waals surface area (Å²) in [5.41, 5.74) is 7.64. The van der Waals surface area contributed by atoms with Crippen LogP contribution in [0.3, 0.4) is 0 Å². The van der Waals surface area contributed by atoms with Crippen molar-refractivity contribution in [2.24, 2.45) is 5.73 Å². The molecule has 25 heavy (non-hydrogen) atoms. The maximum atomic E-state index is 12.4. The fourth-order valence-electron chi connectivity index (χ4n) is 2.59. The number of rotatable bonds is 5. The number of morpholine rings is 1. The lowest BCUT2D eigenvalue weighted by Crippen LogP contribution is -2.41. The molecular formula is C18H20ClN3O3. The van der Waals surface area contributed by atoms with E-state index in [0.29, 0.717) is 55.9 Å². The zero-order valence-electron chi connectivity index (χ0n) is 13.8. The van der Waals surface area contributed by atoms with E-state index in [1.165, 1.54) is 0 Å². The van der Waals surface area contributed by atoms with Gasteiger partial charge < -0.3 is 20.1 Å². The van der Waals surface area contributed by atoms with Gasteiger partial charge in [-0.05, 0) is 23.8 Å². The summed E-state index contributed by atoms with van der Waals surface area (Å²) in [5, 5.41) is 0.513. The normalized spacial score (nSPS) is 14.4. The minimum atomic E-state index is -0.0709. The van der Waals surface area contributed by atoms with Gasteiger partial charge in [0.2, 0.25) is 0 Å². The summed E-state index contributed by atoms with van der Waals surface area (Å²) in [6.07, 6.45) is 1.68. The van der Waals surface area contributed by atoms with E-state index in [0.717, 1.165) is 11.1 Å². The van der Waals surface area contributed by atoms with Crippen LogP contribution in [0, 0.1) is 0 Å². The lowest BCUT2D eigenvalue weighted by molar-refractivity contribution is 0.0299. The zero-order chi connectivity index (χ0) is 17.6.